The molecule has 98 valence electrons. The Balaban J connectivity index is 3.03. The third-order valence-electron chi connectivity index (χ3n) is 2.76. The molecule has 0 amide bonds. The van der Waals surface area contributed by atoms with Gasteiger partial charge in [0.1, 0.15) is 0 Å². The van der Waals surface area contributed by atoms with Crippen LogP contribution in [0.5, 0.6) is 0 Å². The molecule has 0 heterocycles. The Kier molecular flexibility index (Phi) is 12.9. The molecule has 0 bridgehead atoms. The van der Waals surface area contributed by atoms with Crippen LogP contribution >= 0.6 is 0 Å². The molecule has 0 saturated heterocycles. The summed E-state index contributed by atoms with van der Waals surface area (Å²) < 4.78 is 10.9. The van der Waals surface area contributed by atoms with Crippen LogP contribution in [-0.2, 0) is 9.47 Å². The van der Waals surface area contributed by atoms with Gasteiger partial charge in [0.2, 0.25) is 0 Å². The van der Waals surface area contributed by atoms with E-state index in [0.717, 1.165) is 39.3 Å². The molecule has 16 heavy (non-hydrogen) atoms. The highest BCUT2D eigenvalue weighted by Gasteiger charge is 2.01. The number of hydrogen-bond donors (Lipinski definition) is 1. The van der Waals surface area contributed by atoms with Crippen LogP contribution < -0.4 is 5.32 Å². The first kappa shape index (κ1) is 15.9. The first-order valence-corrected chi connectivity index (χ1v) is 6.67. The van der Waals surface area contributed by atoms with Gasteiger partial charge >= 0.3 is 0 Å². The molecule has 0 fully saturated rings. The summed E-state index contributed by atoms with van der Waals surface area (Å²) in [4.78, 5) is 0. The van der Waals surface area contributed by atoms with E-state index in [-0.39, 0.29) is 0 Å². The minimum absolute atomic E-state index is 0.643. The molecule has 0 aromatic rings. The van der Waals surface area contributed by atoms with Gasteiger partial charge in [0.05, 0.1) is 13.2 Å². The van der Waals surface area contributed by atoms with Gasteiger partial charge in [0, 0.05) is 19.3 Å². The normalized spacial score (nSPS) is 12.9. The zero-order chi connectivity index (χ0) is 12.1. The van der Waals surface area contributed by atoms with E-state index < -0.39 is 0 Å². The maximum absolute atomic E-state index is 5.50. The number of hydrogen-bond acceptors (Lipinski definition) is 3. The predicted molar refractivity (Wildman–Crippen MR) is 68.9 cm³/mol. The molecule has 0 radical (unpaired) electrons. The lowest BCUT2D eigenvalue weighted by Crippen LogP contribution is -2.24. The highest BCUT2D eigenvalue weighted by Crippen LogP contribution is 2.00. The van der Waals surface area contributed by atoms with E-state index in [2.05, 4.69) is 19.2 Å². The second-order valence-corrected chi connectivity index (χ2v) is 4.11. The molecule has 0 aromatic heterocycles. The van der Waals surface area contributed by atoms with Gasteiger partial charge in [-0.1, -0.05) is 20.3 Å². The topological polar surface area (TPSA) is 30.5 Å². The minimum Gasteiger partial charge on any atom is -0.379 e. The standard InChI is InChI=1S/C13H29NO2/c1-4-6-9-15-11-12-16-10-7-8-13(5-2)14-3/h13-14H,4-12H2,1-3H3. The summed E-state index contributed by atoms with van der Waals surface area (Å²) in [7, 11) is 2.02. The number of rotatable bonds is 12. The minimum atomic E-state index is 0.643. The van der Waals surface area contributed by atoms with E-state index in [0.29, 0.717) is 6.04 Å². The fourth-order valence-electron chi connectivity index (χ4n) is 1.55. The molecule has 3 heteroatoms. The van der Waals surface area contributed by atoms with Crippen LogP contribution in [0.1, 0.15) is 46.0 Å². The Labute approximate surface area is 101 Å². The van der Waals surface area contributed by atoms with Crippen molar-refractivity contribution in [2.24, 2.45) is 0 Å². The average molecular weight is 231 g/mol. The predicted octanol–water partition coefficient (Wildman–Crippen LogP) is 2.60. The summed E-state index contributed by atoms with van der Waals surface area (Å²) in [5, 5.41) is 3.30. The van der Waals surface area contributed by atoms with Crippen molar-refractivity contribution in [1.29, 1.82) is 0 Å². The van der Waals surface area contributed by atoms with Crippen molar-refractivity contribution in [1.82, 2.24) is 5.32 Å². The molecule has 1 N–H and O–H groups in total. The lowest BCUT2D eigenvalue weighted by atomic mass is 10.1. The first-order chi connectivity index (χ1) is 7.85. The summed E-state index contributed by atoms with van der Waals surface area (Å²) in [6, 6.07) is 0.643. The van der Waals surface area contributed by atoms with E-state index in [1.54, 1.807) is 0 Å². The Morgan fingerprint density at radius 3 is 2.06 bits per heavy atom. The van der Waals surface area contributed by atoms with Gasteiger partial charge in [-0.3, -0.25) is 0 Å². The zero-order valence-corrected chi connectivity index (χ0v) is 11.3. The highest BCUT2D eigenvalue weighted by atomic mass is 16.5. The van der Waals surface area contributed by atoms with Crippen molar-refractivity contribution in [3.8, 4) is 0 Å². The Bertz CT molecular complexity index is 127. The quantitative estimate of drug-likeness (QED) is 0.524. The molecule has 1 atom stereocenters. The molecule has 0 rings (SSSR count). The second-order valence-electron chi connectivity index (χ2n) is 4.11. The van der Waals surface area contributed by atoms with Crippen molar-refractivity contribution in [2.75, 3.05) is 33.5 Å². The summed E-state index contributed by atoms with van der Waals surface area (Å²) in [5.74, 6) is 0. The number of ether oxygens (including phenoxy) is 2. The van der Waals surface area contributed by atoms with E-state index in [4.69, 9.17) is 9.47 Å². The van der Waals surface area contributed by atoms with Gasteiger partial charge in [-0.25, -0.2) is 0 Å². The largest absolute Gasteiger partial charge is 0.379 e. The fraction of sp³-hybridized carbons (Fsp3) is 1.00. The van der Waals surface area contributed by atoms with E-state index >= 15 is 0 Å². The van der Waals surface area contributed by atoms with Gasteiger partial charge in [0.25, 0.3) is 0 Å². The number of unbranched alkanes of at least 4 members (excludes halogenated alkanes) is 1. The van der Waals surface area contributed by atoms with Crippen LogP contribution in [0, 0.1) is 0 Å². The van der Waals surface area contributed by atoms with Gasteiger partial charge in [-0.15, -0.1) is 0 Å². The van der Waals surface area contributed by atoms with Crippen LogP contribution in [0.25, 0.3) is 0 Å². The summed E-state index contributed by atoms with van der Waals surface area (Å²) in [5.41, 5.74) is 0. The summed E-state index contributed by atoms with van der Waals surface area (Å²) in [6.07, 6.45) is 5.87. The third kappa shape index (κ3) is 10.4. The van der Waals surface area contributed by atoms with Crippen LogP contribution in [-0.4, -0.2) is 39.5 Å². The molecular formula is C13H29NO2. The van der Waals surface area contributed by atoms with Gasteiger partial charge in [0.15, 0.2) is 0 Å². The average Bonchev–Trinajstić information content (AvgIpc) is 2.32. The lowest BCUT2D eigenvalue weighted by molar-refractivity contribution is 0.0448. The Morgan fingerprint density at radius 1 is 0.938 bits per heavy atom. The smallest absolute Gasteiger partial charge is 0.0700 e. The lowest BCUT2D eigenvalue weighted by Gasteiger charge is -2.13. The van der Waals surface area contributed by atoms with Gasteiger partial charge in [-0.05, 0) is 32.7 Å². The van der Waals surface area contributed by atoms with Gasteiger partial charge < -0.3 is 14.8 Å². The van der Waals surface area contributed by atoms with Crippen molar-refractivity contribution >= 4 is 0 Å². The molecule has 1 unspecified atom stereocenters. The van der Waals surface area contributed by atoms with Crippen molar-refractivity contribution in [3.63, 3.8) is 0 Å². The van der Waals surface area contributed by atoms with Crippen molar-refractivity contribution < 1.29 is 9.47 Å². The van der Waals surface area contributed by atoms with E-state index in [1.807, 2.05) is 7.05 Å². The molecule has 0 aliphatic rings. The van der Waals surface area contributed by atoms with E-state index in [1.165, 1.54) is 19.3 Å². The van der Waals surface area contributed by atoms with Crippen molar-refractivity contribution in [3.05, 3.63) is 0 Å². The van der Waals surface area contributed by atoms with Crippen LogP contribution in [0.2, 0.25) is 0 Å². The highest BCUT2D eigenvalue weighted by molar-refractivity contribution is 4.60. The Morgan fingerprint density at radius 2 is 1.56 bits per heavy atom. The molecule has 0 spiro atoms. The molecule has 0 saturated carbocycles. The van der Waals surface area contributed by atoms with Crippen LogP contribution in [0.3, 0.4) is 0 Å². The first-order valence-electron chi connectivity index (χ1n) is 6.67. The maximum atomic E-state index is 5.50. The molecule has 3 nitrogen and oxygen atoms in total. The zero-order valence-electron chi connectivity index (χ0n) is 11.3. The Hall–Kier alpha value is -0.120. The monoisotopic (exact) mass is 231 g/mol. The molecule has 0 aromatic carbocycles. The van der Waals surface area contributed by atoms with Gasteiger partial charge in [-0.2, -0.15) is 0 Å². The van der Waals surface area contributed by atoms with Crippen molar-refractivity contribution in [2.45, 2.75) is 52.0 Å². The second kappa shape index (κ2) is 12.9. The van der Waals surface area contributed by atoms with Crippen LogP contribution in [0.15, 0.2) is 0 Å². The third-order valence-corrected chi connectivity index (χ3v) is 2.76. The summed E-state index contributed by atoms with van der Waals surface area (Å²) in [6.45, 7) is 7.59. The molecule has 0 aliphatic carbocycles. The van der Waals surface area contributed by atoms with E-state index in [9.17, 15) is 0 Å². The number of nitrogens with one attached hydrogen (secondary N) is 1. The summed E-state index contributed by atoms with van der Waals surface area (Å²) >= 11 is 0. The van der Waals surface area contributed by atoms with Crippen LogP contribution in [0.4, 0.5) is 0 Å². The molecular weight excluding hydrogens is 202 g/mol. The fourth-order valence-corrected chi connectivity index (χ4v) is 1.55. The maximum Gasteiger partial charge on any atom is 0.0700 e. The molecule has 0 aliphatic heterocycles. The SMILES string of the molecule is CCCCOCCOCCCC(CC)NC.